The van der Waals surface area contributed by atoms with Gasteiger partial charge in [0.1, 0.15) is 12.9 Å². The number of nitrogens with zero attached hydrogens (tertiary/aromatic N) is 5. The Labute approximate surface area is 161 Å². The van der Waals surface area contributed by atoms with Gasteiger partial charge < -0.3 is 20.1 Å². The Bertz CT molecular complexity index is 636. The topological polar surface area (TPSA) is 87.4 Å². The smallest absolute Gasteiger partial charge is 0.225 e. The molecule has 27 heavy (non-hydrogen) atoms. The van der Waals surface area contributed by atoms with Crippen LogP contribution in [0.3, 0.4) is 0 Å². The van der Waals surface area contributed by atoms with E-state index < -0.39 is 0 Å². The van der Waals surface area contributed by atoms with E-state index >= 15 is 0 Å². The first kappa shape index (κ1) is 19.6. The third-order valence-electron chi connectivity index (χ3n) is 5.55. The van der Waals surface area contributed by atoms with Crippen LogP contribution in [0.25, 0.3) is 0 Å². The number of amides is 1. The van der Waals surface area contributed by atoms with E-state index in [1.165, 1.54) is 19.3 Å². The van der Waals surface area contributed by atoms with E-state index in [4.69, 9.17) is 0 Å². The Morgan fingerprint density at radius 2 is 2.07 bits per heavy atom. The maximum Gasteiger partial charge on any atom is 0.225 e. The lowest BCUT2D eigenvalue weighted by Crippen LogP contribution is -2.45. The summed E-state index contributed by atoms with van der Waals surface area (Å²) >= 11 is 0. The molecule has 1 aromatic heterocycles. The maximum absolute atomic E-state index is 12.7. The SMILES string of the molecule is CCNC(=NCc1nncn1CC)NC1CCN(C(=O)C2CCCCC2)C1. The van der Waals surface area contributed by atoms with Gasteiger partial charge in [-0.3, -0.25) is 4.79 Å². The number of nitrogens with one attached hydrogen (secondary N) is 2. The minimum atomic E-state index is 0.249. The number of hydrogen-bond acceptors (Lipinski definition) is 4. The number of likely N-dealkylation sites (tertiary alicyclic amines) is 1. The van der Waals surface area contributed by atoms with Crippen molar-refractivity contribution in [3.8, 4) is 0 Å². The van der Waals surface area contributed by atoms with E-state index in [2.05, 4.69) is 39.7 Å². The fourth-order valence-electron chi connectivity index (χ4n) is 4.01. The molecule has 1 aliphatic carbocycles. The van der Waals surface area contributed by atoms with Gasteiger partial charge in [-0.15, -0.1) is 10.2 Å². The van der Waals surface area contributed by atoms with Crippen molar-refractivity contribution in [1.82, 2.24) is 30.3 Å². The number of guanidine groups is 1. The van der Waals surface area contributed by atoms with Crippen molar-refractivity contribution >= 4 is 11.9 Å². The van der Waals surface area contributed by atoms with Crippen molar-refractivity contribution in [2.24, 2.45) is 10.9 Å². The van der Waals surface area contributed by atoms with Crippen molar-refractivity contribution in [1.29, 1.82) is 0 Å². The highest BCUT2D eigenvalue weighted by atomic mass is 16.2. The van der Waals surface area contributed by atoms with Crippen LogP contribution in [-0.2, 0) is 17.9 Å². The number of carbonyl (C=O) groups is 1. The van der Waals surface area contributed by atoms with E-state index in [1.807, 2.05) is 9.47 Å². The second-order valence-corrected chi connectivity index (χ2v) is 7.48. The fraction of sp³-hybridized carbons (Fsp3) is 0.789. The van der Waals surface area contributed by atoms with Crippen LogP contribution in [0.4, 0.5) is 0 Å². The lowest BCUT2D eigenvalue weighted by Gasteiger charge is -2.26. The van der Waals surface area contributed by atoms with Gasteiger partial charge in [-0.2, -0.15) is 0 Å². The number of aryl methyl sites for hydroxylation is 1. The molecule has 8 nitrogen and oxygen atoms in total. The zero-order valence-electron chi connectivity index (χ0n) is 16.7. The van der Waals surface area contributed by atoms with E-state index in [0.29, 0.717) is 12.5 Å². The summed E-state index contributed by atoms with van der Waals surface area (Å²) in [6, 6.07) is 0.249. The summed E-state index contributed by atoms with van der Waals surface area (Å²) in [7, 11) is 0. The predicted octanol–water partition coefficient (Wildman–Crippen LogP) is 1.53. The summed E-state index contributed by atoms with van der Waals surface area (Å²) in [4.78, 5) is 19.4. The molecule has 2 fully saturated rings. The third kappa shape index (κ3) is 5.20. The van der Waals surface area contributed by atoms with E-state index in [-0.39, 0.29) is 12.0 Å². The number of carbonyl (C=O) groups excluding carboxylic acids is 1. The number of aliphatic imine (C=N–C) groups is 1. The molecule has 8 heteroatoms. The molecule has 1 amide bonds. The van der Waals surface area contributed by atoms with E-state index in [9.17, 15) is 4.79 Å². The molecule has 2 heterocycles. The van der Waals surface area contributed by atoms with E-state index in [0.717, 1.165) is 57.2 Å². The number of aromatic nitrogens is 3. The normalized spacial score (nSPS) is 21.5. The van der Waals surface area contributed by atoms with Crippen molar-refractivity contribution in [3.05, 3.63) is 12.2 Å². The van der Waals surface area contributed by atoms with Crippen LogP contribution in [0, 0.1) is 5.92 Å². The summed E-state index contributed by atoms with van der Waals surface area (Å²) < 4.78 is 1.99. The van der Waals surface area contributed by atoms with Crippen LogP contribution in [-0.4, -0.2) is 57.2 Å². The lowest BCUT2D eigenvalue weighted by atomic mass is 9.88. The van der Waals surface area contributed by atoms with Crippen LogP contribution in [0.15, 0.2) is 11.3 Å². The highest BCUT2D eigenvalue weighted by Gasteiger charge is 2.31. The molecule has 2 N–H and O–H groups in total. The molecular formula is C19H33N7O. The van der Waals surface area contributed by atoms with Crippen LogP contribution >= 0.6 is 0 Å². The molecule has 1 aliphatic heterocycles. The van der Waals surface area contributed by atoms with Gasteiger partial charge in [0.25, 0.3) is 0 Å². The molecule has 1 atom stereocenters. The maximum atomic E-state index is 12.7. The molecule has 0 bridgehead atoms. The molecule has 0 radical (unpaired) electrons. The van der Waals surface area contributed by atoms with E-state index in [1.54, 1.807) is 6.33 Å². The number of rotatable bonds is 6. The molecule has 1 saturated heterocycles. The summed E-state index contributed by atoms with van der Waals surface area (Å²) in [6.45, 7) is 7.85. The molecule has 150 valence electrons. The van der Waals surface area contributed by atoms with Crippen LogP contribution in [0.5, 0.6) is 0 Å². The van der Waals surface area contributed by atoms with Gasteiger partial charge in [0.15, 0.2) is 11.8 Å². The molecule has 1 unspecified atom stereocenters. The van der Waals surface area contributed by atoms with Gasteiger partial charge in [0.05, 0.1) is 0 Å². The Morgan fingerprint density at radius 1 is 1.26 bits per heavy atom. The first-order valence-corrected chi connectivity index (χ1v) is 10.4. The molecule has 0 aromatic carbocycles. The Morgan fingerprint density at radius 3 is 2.81 bits per heavy atom. The summed E-state index contributed by atoms with van der Waals surface area (Å²) in [5, 5.41) is 14.9. The third-order valence-corrected chi connectivity index (χ3v) is 5.55. The first-order chi connectivity index (χ1) is 13.2. The quantitative estimate of drug-likeness (QED) is 0.582. The van der Waals surface area contributed by atoms with Crippen molar-refractivity contribution in [3.63, 3.8) is 0 Å². The molecule has 2 aliphatic rings. The summed E-state index contributed by atoms with van der Waals surface area (Å²) in [5.41, 5.74) is 0. The molecule has 1 aromatic rings. The zero-order valence-corrected chi connectivity index (χ0v) is 16.7. The fourth-order valence-corrected chi connectivity index (χ4v) is 4.01. The minimum Gasteiger partial charge on any atom is -0.357 e. The van der Waals surface area contributed by atoms with Gasteiger partial charge in [-0.05, 0) is 33.1 Å². The van der Waals surface area contributed by atoms with Crippen molar-refractivity contribution in [2.75, 3.05) is 19.6 Å². The van der Waals surface area contributed by atoms with Crippen LogP contribution in [0.1, 0.15) is 58.2 Å². The average molecular weight is 376 g/mol. The highest BCUT2D eigenvalue weighted by molar-refractivity contribution is 5.81. The molecule has 0 spiro atoms. The second kappa shape index (κ2) is 9.71. The number of hydrogen-bond donors (Lipinski definition) is 2. The van der Waals surface area contributed by atoms with Gasteiger partial charge in [0, 0.05) is 38.1 Å². The lowest BCUT2D eigenvalue weighted by molar-refractivity contribution is -0.135. The molecular weight excluding hydrogens is 342 g/mol. The second-order valence-electron chi connectivity index (χ2n) is 7.48. The van der Waals surface area contributed by atoms with Crippen molar-refractivity contribution < 1.29 is 4.79 Å². The predicted molar refractivity (Wildman–Crippen MR) is 105 cm³/mol. The summed E-state index contributed by atoms with van der Waals surface area (Å²) in [6.07, 6.45) is 8.51. The van der Waals surface area contributed by atoms with Crippen molar-refractivity contribution in [2.45, 2.75) is 71.5 Å². The van der Waals surface area contributed by atoms with Crippen LogP contribution < -0.4 is 10.6 Å². The highest BCUT2D eigenvalue weighted by Crippen LogP contribution is 2.26. The van der Waals surface area contributed by atoms with Crippen LogP contribution in [0.2, 0.25) is 0 Å². The monoisotopic (exact) mass is 375 g/mol. The minimum absolute atomic E-state index is 0.249. The summed E-state index contributed by atoms with van der Waals surface area (Å²) in [5.74, 6) is 2.24. The first-order valence-electron chi connectivity index (χ1n) is 10.4. The molecule has 3 rings (SSSR count). The standard InChI is InChI=1S/C19H33N7O/c1-3-20-19(21-12-17-24-22-14-25(17)4-2)23-16-10-11-26(13-16)18(27)15-8-6-5-7-9-15/h14-16H,3-13H2,1-2H3,(H2,20,21,23). The largest absolute Gasteiger partial charge is 0.357 e. The van der Waals surface area contributed by atoms with Gasteiger partial charge in [-0.1, -0.05) is 19.3 Å². The Balaban J connectivity index is 1.54. The molecule has 1 saturated carbocycles. The Hall–Kier alpha value is -2.12. The average Bonchev–Trinajstić information content (AvgIpc) is 3.35. The Kier molecular flexibility index (Phi) is 7.06. The van der Waals surface area contributed by atoms with Gasteiger partial charge in [-0.25, -0.2) is 4.99 Å². The zero-order chi connectivity index (χ0) is 19.1. The van der Waals surface area contributed by atoms with Gasteiger partial charge >= 0.3 is 0 Å². The van der Waals surface area contributed by atoms with Gasteiger partial charge in [0.2, 0.25) is 5.91 Å².